The molecule has 0 aliphatic carbocycles. The zero-order chi connectivity index (χ0) is 22.4. The summed E-state index contributed by atoms with van der Waals surface area (Å²) in [6.07, 6.45) is 1.22. The fourth-order valence-corrected chi connectivity index (χ4v) is 5.28. The minimum Gasteiger partial charge on any atom is -0.492 e. The summed E-state index contributed by atoms with van der Waals surface area (Å²) >= 11 is 11.9. The highest BCUT2D eigenvalue weighted by molar-refractivity contribution is 7.88. The number of sulfonamides is 1. The number of hydrogen-bond donors (Lipinski definition) is 1. The molecule has 1 unspecified atom stereocenters. The molecule has 2 aromatic rings. The first-order chi connectivity index (χ1) is 14.7. The van der Waals surface area contributed by atoms with E-state index >= 15 is 0 Å². The van der Waals surface area contributed by atoms with Gasteiger partial charge in [0.2, 0.25) is 15.9 Å². The summed E-state index contributed by atoms with van der Waals surface area (Å²) in [7, 11) is -3.60. The molecule has 0 bridgehead atoms. The van der Waals surface area contributed by atoms with Gasteiger partial charge in [0.1, 0.15) is 18.2 Å². The fraction of sp³-hybridized carbons (Fsp3) is 0.381. The molecule has 0 spiro atoms. The molecule has 3 rings (SSSR count). The maximum atomic E-state index is 12.9. The second-order valence-corrected chi connectivity index (χ2v) is 10.1. The van der Waals surface area contributed by atoms with Crippen LogP contribution in [0.1, 0.15) is 18.4 Å². The zero-order valence-corrected chi connectivity index (χ0v) is 19.0. The third-order valence-corrected chi connectivity index (χ3v) is 7.52. The molecule has 1 fully saturated rings. The Kier molecular flexibility index (Phi) is 8.16. The van der Waals surface area contributed by atoms with Gasteiger partial charge < -0.3 is 10.1 Å². The van der Waals surface area contributed by atoms with E-state index in [4.69, 9.17) is 27.9 Å². The first-order valence-electron chi connectivity index (χ1n) is 9.82. The average molecular weight is 489 g/mol. The Hall–Kier alpha value is -1.87. The molecule has 168 valence electrons. The lowest BCUT2D eigenvalue weighted by molar-refractivity contribution is -0.126. The van der Waals surface area contributed by atoms with Gasteiger partial charge in [-0.3, -0.25) is 4.79 Å². The molecule has 1 N–H and O–H groups in total. The number of carbonyl (C=O) groups excluding carboxylic acids is 1. The highest BCUT2D eigenvalue weighted by atomic mass is 35.5. The van der Waals surface area contributed by atoms with Crippen molar-refractivity contribution in [2.75, 3.05) is 26.2 Å². The number of hydrogen-bond acceptors (Lipinski definition) is 4. The van der Waals surface area contributed by atoms with E-state index in [9.17, 15) is 17.6 Å². The summed E-state index contributed by atoms with van der Waals surface area (Å²) in [5, 5.41) is 3.44. The van der Waals surface area contributed by atoms with Crippen LogP contribution in [0.25, 0.3) is 0 Å². The molecule has 0 radical (unpaired) electrons. The van der Waals surface area contributed by atoms with E-state index < -0.39 is 15.9 Å². The number of ether oxygens (including phenoxy) is 1. The van der Waals surface area contributed by atoms with Crippen molar-refractivity contribution in [2.24, 2.45) is 5.92 Å². The lowest BCUT2D eigenvalue weighted by atomic mass is 9.99. The second-order valence-electron chi connectivity index (χ2n) is 7.30. The largest absolute Gasteiger partial charge is 0.492 e. The highest BCUT2D eigenvalue weighted by Gasteiger charge is 2.32. The van der Waals surface area contributed by atoms with Gasteiger partial charge in [-0.2, -0.15) is 0 Å². The van der Waals surface area contributed by atoms with Gasteiger partial charge in [-0.05, 0) is 54.8 Å². The SMILES string of the molecule is O=C(NCCOc1ccc(F)cc1)C1CCCN(S(=O)(=O)Cc2ccc(Cl)c(Cl)c2)C1. The van der Waals surface area contributed by atoms with Gasteiger partial charge in [-0.1, -0.05) is 29.3 Å². The van der Waals surface area contributed by atoms with Crippen LogP contribution in [0.4, 0.5) is 4.39 Å². The van der Waals surface area contributed by atoms with Crippen molar-refractivity contribution in [3.8, 4) is 5.75 Å². The molecule has 2 aromatic carbocycles. The quantitative estimate of drug-likeness (QED) is 0.572. The molecule has 1 amide bonds. The predicted octanol–water partition coefficient (Wildman–Crippen LogP) is 3.87. The van der Waals surface area contributed by atoms with E-state index in [-0.39, 0.29) is 37.2 Å². The summed E-state index contributed by atoms with van der Waals surface area (Å²) < 4.78 is 45.4. The van der Waals surface area contributed by atoms with Gasteiger partial charge >= 0.3 is 0 Å². The van der Waals surface area contributed by atoms with Crippen LogP contribution in [0.3, 0.4) is 0 Å². The topological polar surface area (TPSA) is 75.7 Å². The van der Waals surface area contributed by atoms with Crippen LogP contribution in [0.15, 0.2) is 42.5 Å². The van der Waals surface area contributed by atoms with E-state index in [1.165, 1.54) is 34.6 Å². The van der Waals surface area contributed by atoms with E-state index in [0.29, 0.717) is 40.7 Å². The van der Waals surface area contributed by atoms with Crippen molar-refractivity contribution in [1.82, 2.24) is 9.62 Å². The molecule has 0 saturated carbocycles. The van der Waals surface area contributed by atoms with Crippen molar-refractivity contribution in [3.05, 3.63) is 63.9 Å². The van der Waals surface area contributed by atoms with Crippen molar-refractivity contribution in [2.45, 2.75) is 18.6 Å². The Balaban J connectivity index is 1.49. The Bertz CT molecular complexity index is 1020. The van der Waals surface area contributed by atoms with E-state index in [0.717, 1.165) is 0 Å². The van der Waals surface area contributed by atoms with E-state index in [1.54, 1.807) is 12.1 Å². The summed E-state index contributed by atoms with van der Waals surface area (Å²) in [5.74, 6) is -0.686. The smallest absolute Gasteiger partial charge is 0.224 e. The monoisotopic (exact) mass is 488 g/mol. The van der Waals surface area contributed by atoms with Crippen LogP contribution >= 0.6 is 23.2 Å². The van der Waals surface area contributed by atoms with E-state index in [2.05, 4.69) is 5.32 Å². The Morgan fingerprint density at radius 1 is 1.16 bits per heavy atom. The number of nitrogens with zero attached hydrogens (tertiary/aromatic N) is 1. The molecule has 0 aromatic heterocycles. The molecular formula is C21H23Cl2FN2O4S. The van der Waals surface area contributed by atoms with Crippen LogP contribution < -0.4 is 10.1 Å². The minimum absolute atomic E-state index is 0.133. The number of piperidine rings is 1. The van der Waals surface area contributed by atoms with Crippen molar-refractivity contribution in [1.29, 1.82) is 0 Å². The number of amides is 1. The van der Waals surface area contributed by atoms with Gasteiger partial charge in [0.25, 0.3) is 0 Å². The Labute approximate surface area is 191 Å². The first kappa shape index (κ1) is 23.8. The van der Waals surface area contributed by atoms with Crippen LogP contribution in [0, 0.1) is 11.7 Å². The second kappa shape index (κ2) is 10.6. The lowest BCUT2D eigenvalue weighted by Gasteiger charge is -2.31. The number of nitrogens with one attached hydrogen (secondary N) is 1. The minimum atomic E-state index is -3.60. The number of benzene rings is 2. The van der Waals surface area contributed by atoms with E-state index in [1.807, 2.05) is 0 Å². The summed E-state index contributed by atoms with van der Waals surface area (Å²) in [6, 6.07) is 10.3. The van der Waals surface area contributed by atoms with Crippen molar-refractivity contribution in [3.63, 3.8) is 0 Å². The number of halogens is 3. The summed E-state index contributed by atoms with van der Waals surface area (Å²) in [6.45, 7) is 1.00. The van der Waals surface area contributed by atoms with Crippen LogP contribution in [0.2, 0.25) is 10.0 Å². The molecule has 6 nitrogen and oxygen atoms in total. The molecule has 1 heterocycles. The van der Waals surface area contributed by atoms with Gasteiger partial charge in [-0.15, -0.1) is 0 Å². The van der Waals surface area contributed by atoms with Crippen molar-refractivity contribution < 1.29 is 22.3 Å². The highest BCUT2D eigenvalue weighted by Crippen LogP contribution is 2.26. The fourth-order valence-electron chi connectivity index (χ4n) is 3.36. The molecule has 1 saturated heterocycles. The number of rotatable bonds is 8. The molecule has 31 heavy (non-hydrogen) atoms. The van der Waals surface area contributed by atoms with Crippen LogP contribution in [-0.4, -0.2) is 44.9 Å². The molecule has 10 heteroatoms. The normalized spacial score (nSPS) is 17.3. The maximum absolute atomic E-state index is 12.9. The van der Waals surface area contributed by atoms with Gasteiger partial charge in [0.15, 0.2) is 0 Å². The lowest BCUT2D eigenvalue weighted by Crippen LogP contribution is -2.46. The van der Waals surface area contributed by atoms with Crippen LogP contribution in [-0.2, 0) is 20.6 Å². The van der Waals surface area contributed by atoms with Gasteiger partial charge in [0, 0.05) is 13.1 Å². The maximum Gasteiger partial charge on any atom is 0.224 e. The zero-order valence-electron chi connectivity index (χ0n) is 16.7. The molecule has 1 aliphatic rings. The first-order valence-corrected chi connectivity index (χ1v) is 12.2. The predicted molar refractivity (Wildman–Crippen MR) is 118 cm³/mol. The molecule has 1 atom stereocenters. The standard InChI is InChI=1S/C21H23Cl2FN2O4S/c22-19-8-3-15(12-20(19)23)14-31(28,29)26-10-1-2-16(13-26)21(27)25-9-11-30-18-6-4-17(24)5-7-18/h3-8,12,16H,1-2,9-11,13-14H2,(H,25,27). The Morgan fingerprint density at radius 2 is 1.90 bits per heavy atom. The average Bonchev–Trinajstić information content (AvgIpc) is 2.75. The summed E-state index contributed by atoms with van der Waals surface area (Å²) in [5.41, 5.74) is 0.541. The summed E-state index contributed by atoms with van der Waals surface area (Å²) in [4.78, 5) is 12.5. The Morgan fingerprint density at radius 3 is 2.61 bits per heavy atom. The molecule has 1 aliphatic heterocycles. The van der Waals surface area contributed by atoms with Crippen molar-refractivity contribution >= 4 is 39.1 Å². The third-order valence-electron chi connectivity index (χ3n) is 4.97. The number of carbonyl (C=O) groups is 1. The third kappa shape index (κ3) is 6.80. The molecular weight excluding hydrogens is 466 g/mol. The van der Waals surface area contributed by atoms with Gasteiger partial charge in [0.05, 0.1) is 28.3 Å². The van der Waals surface area contributed by atoms with Gasteiger partial charge in [-0.25, -0.2) is 17.1 Å². The van der Waals surface area contributed by atoms with Crippen LogP contribution in [0.5, 0.6) is 5.75 Å².